The van der Waals surface area contributed by atoms with Gasteiger partial charge >= 0.3 is 0 Å². The topological polar surface area (TPSA) is 85.9 Å². The summed E-state index contributed by atoms with van der Waals surface area (Å²) in [6.07, 6.45) is -0.889. The first kappa shape index (κ1) is 23.3. The Morgan fingerprint density at radius 1 is 1.03 bits per heavy atom. The summed E-state index contributed by atoms with van der Waals surface area (Å²) in [6.45, 7) is 2.14. The Bertz CT molecular complexity index is 1500. The highest BCUT2D eigenvalue weighted by molar-refractivity contribution is 6.01. The summed E-state index contributed by atoms with van der Waals surface area (Å²) < 4.78 is 5.70. The van der Waals surface area contributed by atoms with Crippen LogP contribution in [0.3, 0.4) is 0 Å². The predicted molar refractivity (Wildman–Crippen MR) is 140 cm³/mol. The lowest BCUT2D eigenvalue weighted by Crippen LogP contribution is -2.67. The number of β-amino-alcohol motifs (C(OH)–C–C–N with tert-alkyl or cyclic N) is 1. The number of aromatic nitrogens is 1. The van der Waals surface area contributed by atoms with Gasteiger partial charge in [0, 0.05) is 28.9 Å². The van der Waals surface area contributed by atoms with Crippen LogP contribution in [-0.4, -0.2) is 58.4 Å². The first-order valence-electron chi connectivity index (χ1n) is 12.5. The highest BCUT2D eigenvalue weighted by Gasteiger charge is 2.56. The standard InChI is InChI=1S/C30H29N3O4/c1-30-28-27(21-13-6-8-14-23(21)31-28)22(20-12-7-9-15-25(20)37-2)16-33(30)26(35)18-32(29(30)36)17-24(34)19-10-4-3-5-11-19/h3-15,22,24,31,34H,16-18H2,1-2H3. The van der Waals surface area contributed by atoms with Crippen LogP contribution in [0.2, 0.25) is 0 Å². The summed E-state index contributed by atoms with van der Waals surface area (Å²) in [5, 5.41) is 11.9. The molecule has 0 saturated carbocycles. The molecule has 1 saturated heterocycles. The maximum absolute atomic E-state index is 14.2. The average Bonchev–Trinajstić information content (AvgIpc) is 3.33. The number of ether oxygens (including phenoxy) is 1. The lowest BCUT2D eigenvalue weighted by Gasteiger charge is -2.51. The number of hydrogen-bond donors (Lipinski definition) is 2. The summed E-state index contributed by atoms with van der Waals surface area (Å²) in [4.78, 5) is 34.5. The van der Waals surface area contributed by atoms with Crippen molar-refractivity contribution in [1.29, 1.82) is 0 Å². The van der Waals surface area contributed by atoms with Gasteiger partial charge in [-0.15, -0.1) is 0 Å². The van der Waals surface area contributed by atoms with Crippen LogP contribution in [0.25, 0.3) is 10.9 Å². The lowest BCUT2D eigenvalue weighted by molar-refractivity contribution is -0.167. The predicted octanol–water partition coefficient (Wildman–Crippen LogP) is 3.94. The Kier molecular flexibility index (Phi) is 5.53. The van der Waals surface area contributed by atoms with Gasteiger partial charge in [0.15, 0.2) is 5.54 Å². The van der Waals surface area contributed by atoms with Crippen molar-refractivity contribution >= 4 is 22.7 Å². The van der Waals surface area contributed by atoms with Crippen LogP contribution in [0.1, 0.15) is 41.3 Å². The molecule has 3 heterocycles. The zero-order valence-corrected chi connectivity index (χ0v) is 20.8. The number of fused-ring (bicyclic) bond motifs is 5. The second-order valence-electron chi connectivity index (χ2n) is 9.94. The van der Waals surface area contributed by atoms with Gasteiger partial charge in [0.1, 0.15) is 5.75 Å². The number of aliphatic hydroxyl groups is 1. The Morgan fingerprint density at radius 3 is 2.51 bits per heavy atom. The van der Waals surface area contributed by atoms with E-state index >= 15 is 0 Å². The molecule has 2 N–H and O–H groups in total. The number of piperazine rings is 1. The van der Waals surface area contributed by atoms with Crippen LogP contribution in [0, 0.1) is 0 Å². The number of aromatic amines is 1. The minimum absolute atomic E-state index is 0.0452. The van der Waals surface area contributed by atoms with Gasteiger partial charge in [-0.05, 0) is 30.2 Å². The largest absolute Gasteiger partial charge is 0.496 e. The number of aliphatic hydroxyl groups excluding tert-OH is 1. The fourth-order valence-corrected chi connectivity index (χ4v) is 6.05. The van der Waals surface area contributed by atoms with Crippen LogP contribution in [0.15, 0.2) is 78.9 Å². The van der Waals surface area contributed by atoms with Crippen LogP contribution >= 0.6 is 0 Å². The van der Waals surface area contributed by atoms with Crippen LogP contribution < -0.4 is 4.74 Å². The minimum Gasteiger partial charge on any atom is -0.496 e. The molecule has 2 amide bonds. The number of para-hydroxylation sites is 2. The maximum atomic E-state index is 14.2. The Labute approximate surface area is 215 Å². The van der Waals surface area contributed by atoms with E-state index < -0.39 is 11.6 Å². The van der Waals surface area contributed by atoms with Gasteiger partial charge in [0.25, 0.3) is 5.91 Å². The number of H-pyrrole nitrogens is 1. The molecule has 7 nitrogen and oxygen atoms in total. The quantitative estimate of drug-likeness (QED) is 0.439. The smallest absolute Gasteiger partial charge is 0.255 e. The van der Waals surface area contributed by atoms with E-state index in [0.717, 1.165) is 27.8 Å². The van der Waals surface area contributed by atoms with E-state index in [2.05, 4.69) is 11.1 Å². The highest BCUT2D eigenvalue weighted by Crippen LogP contribution is 2.49. The monoisotopic (exact) mass is 495 g/mol. The molecule has 37 heavy (non-hydrogen) atoms. The van der Waals surface area contributed by atoms with Gasteiger partial charge in [0.2, 0.25) is 5.91 Å². The molecule has 1 fully saturated rings. The number of carbonyl (C=O) groups excluding carboxylic acids is 2. The molecule has 0 spiro atoms. The molecule has 0 radical (unpaired) electrons. The van der Waals surface area contributed by atoms with Crippen LogP contribution in [0.5, 0.6) is 5.75 Å². The van der Waals surface area contributed by atoms with Crippen LogP contribution in [0.4, 0.5) is 0 Å². The van der Waals surface area contributed by atoms with Crippen LogP contribution in [-0.2, 0) is 15.1 Å². The van der Waals surface area contributed by atoms with E-state index in [9.17, 15) is 14.7 Å². The molecule has 0 aliphatic carbocycles. The van der Waals surface area contributed by atoms with E-state index in [1.165, 1.54) is 4.90 Å². The molecule has 3 atom stereocenters. The van der Waals surface area contributed by atoms with Crippen molar-refractivity contribution in [1.82, 2.24) is 14.8 Å². The van der Waals surface area contributed by atoms with Crippen molar-refractivity contribution in [3.05, 3.63) is 101 Å². The highest BCUT2D eigenvalue weighted by atomic mass is 16.5. The third kappa shape index (κ3) is 3.53. The average molecular weight is 496 g/mol. The first-order valence-corrected chi connectivity index (χ1v) is 12.5. The van der Waals surface area contributed by atoms with Gasteiger partial charge in [-0.25, -0.2) is 0 Å². The molecule has 2 aliphatic heterocycles. The molecule has 3 aromatic carbocycles. The number of rotatable bonds is 5. The molecular weight excluding hydrogens is 466 g/mol. The van der Waals surface area contributed by atoms with Crippen molar-refractivity contribution in [2.45, 2.75) is 24.5 Å². The second kappa shape index (κ2) is 8.78. The number of methoxy groups -OCH3 is 1. The third-order valence-electron chi connectivity index (χ3n) is 7.91. The molecule has 188 valence electrons. The fourth-order valence-electron chi connectivity index (χ4n) is 6.05. The molecule has 1 aromatic heterocycles. The van der Waals surface area contributed by atoms with Crippen molar-refractivity contribution < 1.29 is 19.4 Å². The number of carbonyl (C=O) groups is 2. The number of amides is 2. The van der Waals surface area contributed by atoms with E-state index in [0.29, 0.717) is 17.8 Å². The van der Waals surface area contributed by atoms with Crippen molar-refractivity contribution in [2.24, 2.45) is 0 Å². The summed E-state index contributed by atoms with van der Waals surface area (Å²) in [5.41, 5.74) is 3.09. The Balaban J connectivity index is 1.48. The van der Waals surface area contributed by atoms with Crippen molar-refractivity contribution in [3.63, 3.8) is 0 Å². The molecule has 3 unspecified atom stereocenters. The maximum Gasteiger partial charge on any atom is 0.255 e. The summed E-state index contributed by atoms with van der Waals surface area (Å²) >= 11 is 0. The normalized spacial score (nSPS) is 22.1. The second-order valence-corrected chi connectivity index (χ2v) is 9.94. The Morgan fingerprint density at radius 2 is 1.73 bits per heavy atom. The number of nitrogens with zero attached hydrogens (tertiary/aromatic N) is 2. The van der Waals surface area contributed by atoms with E-state index in [-0.39, 0.29) is 30.8 Å². The molecule has 6 rings (SSSR count). The Hall–Kier alpha value is -4.10. The van der Waals surface area contributed by atoms with Gasteiger partial charge in [-0.1, -0.05) is 66.7 Å². The van der Waals surface area contributed by atoms with Gasteiger partial charge in [0.05, 0.1) is 32.0 Å². The lowest BCUT2D eigenvalue weighted by atomic mass is 9.76. The van der Waals surface area contributed by atoms with E-state index in [4.69, 9.17) is 4.74 Å². The molecule has 7 heteroatoms. The molecular formula is C30H29N3O4. The minimum atomic E-state index is -1.22. The SMILES string of the molecule is COc1ccccc1C1CN2C(=O)CN(CC(O)c3ccccc3)C(=O)C2(C)c2[nH]c3ccccc3c21. The summed E-state index contributed by atoms with van der Waals surface area (Å²) in [6, 6.07) is 25.1. The molecule has 0 bridgehead atoms. The van der Waals surface area contributed by atoms with Gasteiger partial charge in [-0.2, -0.15) is 0 Å². The van der Waals surface area contributed by atoms with E-state index in [1.54, 1.807) is 12.0 Å². The molecule has 4 aromatic rings. The number of benzene rings is 3. The number of nitrogens with one attached hydrogen (secondary N) is 1. The first-order chi connectivity index (χ1) is 17.9. The zero-order valence-electron chi connectivity index (χ0n) is 20.8. The summed E-state index contributed by atoms with van der Waals surface area (Å²) in [7, 11) is 1.65. The molecule has 2 aliphatic rings. The van der Waals surface area contributed by atoms with Gasteiger partial charge in [-0.3, -0.25) is 9.59 Å². The number of hydrogen-bond acceptors (Lipinski definition) is 4. The van der Waals surface area contributed by atoms with E-state index in [1.807, 2.05) is 79.7 Å². The zero-order chi connectivity index (χ0) is 25.7. The summed E-state index contributed by atoms with van der Waals surface area (Å²) in [5.74, 6) is 0.226. The fraction of sp³-hybridized carbons (Fsp3) is 0.267. The third-order valence-corrected chi connectivity index (χ3v) is 7.91. The van der Waals surface area contributed by atoms with Crippen molar-refractivity contribution in [2.75, 3.05) is 26.7 Å². The van der Waals surface area contributed by atoms with Gasteiger partial charge < -0.3 is 24.6 Å². The van der Waals surface area contributed by atoms with Crippen molar-refractivity contribution in [3.8, 4) is 5.75 Å².